The van der Waals surface area contributed by atoms with Crippen LogP contribution in [0.5, 0.6) is 0 Å². The van der Waals surface area contributed by atoms with E-state index in [2.05, 4.69) is 4.90 Å². The monoisotopic (exact) mass is 375 g/mol. The number of aromatic nitrogens is 1. The lowest BCUT2D eigenvalue weighted by atomic mass is 10.2. The molecule has 0 saturated carbocycles. The number of para-hydroxylation sites is 1. The summed E-state index contributed by atoms with van der Waals surface area (Å²) in [6.07, 6.45) is 0. The Balaban J connectivity index is 1.44. The first-order chi connectivity index (χ1) is 12.5. The van der Waals surface area contributed by atoms with Gasteiger partial charge in [-0.1, -0.05) is 29.5 Å². The van der Waals surface area contributed by atoms with E-state index in [1.54, 1.807) is 17.2 Å². The molecular weight excluding hydrogens is 354 g/mol. The highest BCUT2D eigenvalue weighted by Crippen LogP contribution is 2.15. The fourth-order valence-electron chi connectivity index (χ4n) is 2.86. The molecule has 1 amide bonds. The van der Waals surface area contributed by atoms with Crippen LogP contribution >= 0.6 is 11.3 Å². The lowest BCUT2D eigenvalue weighted by Gasteiger charge is -2.36. The molecule has 0 spiro atoms. The number of carbonyl (C=O) groups excluding carboxylic acids is 2. The van der Waals surface area contributed by atoms with Crippen LogP contribution in [0, 0.1) is 6.92 Å². The minimum Gasteiger partial charge on any atom is -0.454 e. The van der Waals surface area contributed by atoms with E-state index in [1.807, 2.05) is 30.3 Å². The van der Waals surface area contributed by atoms with Crippen molar-refractivity contribution in [2.24, 2.45) is 0 Å². The van der Waals surface area contributed by atoms with E-state index in [-0.39, 0.29) is 23.9 Å². The van der Waals surface area contributed by atoms with E-state index in [9.17, 15) is 14.4 Å². The fourth-order valence-corrected chi connectivity index (χ4v) is 3.59. The Hall–Kier alpha value is -2.61. The molecule has 0 atom stereocenters. The quantitative estimate of drug-likeness (QED) is 0.732. The Morgan fingerprint density at radius 1 is 1.12 bits per heavy atom. The fraction of sp³-hybridized carbons (Fsp3) is 0.389. The summed E-state index contributed by atoms with van der Waals surface area (Å²) < 4.78 is 6.40. The van der Waals surface area contributed by atoms with Crippen LogP contribution in [-0.4, -0.2) is 54.1 Å². The number of amides is 1. The van der Waals surface area contributed by atoms with E-state index in [0.717, 1.165) is 30.1 Å². The number of aryl methyl sites for hydroxylation is 1. The van der Waals surface area contributed by atoms with Crippen molar-refractivity contribution >= 4 is 28.9 Å². The molecule has 0 bridgehead atoms. The summed E-state index contributed by atoms with van der Waals surface area (Å²) >= 11 is 1.04. The molecule has 3 rings (SSSR count). The number of thiazole rings is 1. The van der Waals surface area contributed by atoms with Crippen molar-refractivity contribution in [3.8, 4) is 0 Å². The second-order valence-corrected chi connectivity index (χ2v) is 6.91. The van der Waals surface area contributed by atoms with E-state index in [4.69, 9.17) is 4.74 Å². The number of ether oxygens (including phenoxy) is 1. The molecule has 0 unspecified atom stereocenters. The van der Waals surface area contributed by atoms with Crippen LogP contribution in [0.4, 0.5) is 5.69 Å². The maximum absolute atomic E-state index is 12.2. The Bertz CT molecular complexity index is 822. The van der Waals surface area contributed by atoms with Crippen molar-refractivity contribution in [2.45, 2.75) is 13.5 Å². The highest BCUT2D eigenvalue weighted by Gasteiger charge is 2.22. The van der Waals surface area contributed by atoms with Crippen molar-refractivity contribution in [3.63, 3.8) is 0 Å². The number of carbonyl (C=O) groups is 2. The summed E-state index contributed by atoms with van der Waals surface area (Å²) in [5.41, 5.74) is 1.85. The SMILES string of the molecule is Cc1csc(=O)n1CC(=O)OCC(=O)N1CCN(c2ccccc2)CC1. The molecule has 2 heterocycles. The summed E-state index contributed by atoms with van der Waals surface area (Å²) in [6, 6.07) is 10.1. The van der Waals surface area contributed by atoms with E-state index < -0.39 is 5.97 Å². The summed E-state index contributed by atoms with van der Waals surface area (Å²) in [5, 5.41) is 1.69. The number of anilines is 1. The van der Waals surface area contributed by atoms with Gasteiger partial charge in [-0.3, -0.25) is 19.0 Å². The van der Waals surface area contributed by atoms with Crippen LogP contribution in [0.25, 0.3) is 0 Å². The minimum absolute atomic E-state index is 0.163. The maximum atomic E-state index is 12.2. The Morgan fingerprint density at radius 2 is 1.81 bits per heavy atom. The van der Waals surface area contributed by atoms with E-state index >= 15 is 0 Å². The number of hydrogen-bond donors (Lipinski definition) is 0. The Kier molecular flexibility index (Phi) is 5.72. The van der Waals surface area contributed by atoms with E-state index in [0.29, 0.717) is 18.8 Å². The smallest absolute Gasteiger partial charge is 0.326 e. The lowest BCUT2D eigenvalue weighted by molar-refractivity contribution is -0.152. The molecule has 26 heavy (non-hydrogen) atoms. The summed E-state index contributed by atoms with van der Waals surface area (Å²) in [4.78, 5) is 39.5. The first-order valence-corrected chi connectivity index (χ1v) is 9.31. The van der Waals surface area contributed by atoms with Crippen LogP contribution in [0.1, 0.15) is 5.69 Å². The van der Waals surface area contributed by atoms with Gasteiger partial charge in [-0.15, -0.1) is 0 Å². The topological polar surface area (TPSA) is 71.8 Å². The van der Waals surface area contributed by atoms with Gasteiger partial charge in [0.1, 0.15) is 6.54 Å². The molecular formula is C18H21N3O4S. The van der Waals surface area contributed by atoms with Gasteiger partial charge in [0.05, 0.1) is 0 Å². The number of nitrogens with zero attached hydrogens (tertiary/aromatic N) is 3. The molecule has 1 saturated heterocycles. The predicted octanol–water partition coefficient (Wildman–Crippen LogP) is 1.11. The van der Waals surface area contributed by atoms with Crippen molar-refractivity contribution in [2.75, 3.05) is 37.7 Å². The number of hydrogen-bond acceptors (Lipinski definition) is 6. The molecule has 2 aromatic rings. The standard InChI is InChI=1S/C18H21N3O4S/c1-14-13-26-18(24)21(14)11-17(23)25-12-16(22)20-9-7-19(8-10-20)15-5-3-2-4-6-15/h2-6,13H,7-12H2,1H3. The van der Waals surface area contributed by atoms with Gasteiger partial charge in [-0.05, 0) is 19.1 Å². The summed E-state index contributed by atoms with van der Waals surface area (Å²) in [5.74, 6) is -0.787. The minimum atomic E-state index is -0.579. The van der Waals surface area contributed by atoms with Crippen molar-refractivity contribution in [1.82, 2.24) is 9.47 Å². The zero-order valence-corrected chi connectivity index (χ0v) is 15.4. The maximum Gasteiger partial charge on any atom is 0.326 e. The molecule has 0 radical (unpaired) electrons. The molecule has 0 N–H and O–H groups in total. The second-order valence-electron chi connectivity index (χ2n) is 6.09. The molecule has 138 valence electrons. The molecule has 1 aromatic heterocycles. The number of rotatable bonds is 5. The average molecular weight is 375 g/mol. The number of esters is 1. The molecule has 0 aliphatic carbocycles. The lowest BCUT2D eigenvalue weighted by Crippen LogP contribution is -2.50. The van der Waals surface area contributed by atoms with Crippen LogP contribution < -0.4 is 9.77 Å². The molecule has 1 aromatic carbocycles. The van der Waals surface area contributed by atoms with Gasteiger partial charge in [0.15, 0.2) is 6.61 Å². The molecule has 8 heteroatoms. The van der Waals surface area contributed by atoms with Gasteiger partial charge in [0.2, 0.25) is 0 Å². The predicted molar refractivity (Wildman–Crippen MR) is 99.5 cm³/mol. The van der Waals surface area contributed by atoms with Crippen molar-refractivity contribution < 1.29 is 14.3 Å². The van der Waals surface area contributed by atoms with Gasteiger partial charge in [0.25, 0.3) is 5.91 Å². The first-order valence-electron chi connectivity index (χ1n) is 8.43. The highest BCUT2D eigenvalue weighted by atomic mass is 32.1. The molecule has 7 nitrogen and oxygen atoms in total. The molecule has 1 aliphatic rings. The third-order valence-electron chi connectivity index (χ3n) is 4.37. The first kappa shape index (κ1) is 18.2. The third-order valence-corrected chi connectivity index (χ3v) is 5.25. The summed E-state index contributed by atoms with van der Waals surface area (Å²) in [6.45, 7) is 3.97. The average Bonchev–Trinajstić information content (AvgIpc) is 2.99. The van der Waals surface area contributed by atoms with Crippen LogP contribution in [0.3, 0.4) is 0 Å². The molecule has 1 aliphatic heterocycles. The number of benzene rings is 1. The zero-order chi connectivity index (χ0) is 18.5. The zero-order valence-electron chi connectivity index (χ0n) is 14.6. The summed E-state index contributed by atoms with van der Waals surface area (Å²) in [7, 11) is 0. The Morgan fingerprint density at radius 3 is 2.42 bits per heavy atom. The molecule has 1 fully saturated rings. The van der Waals surface area contributed by atoms with Gasteiger partial charge < -0.3 is 14.5 Å². The second kappa shape index (κ2) is 8.18. The normalized spacial score (nSPS) is 14.3. The Labute approximate surface area is 155 Å². The van der Waals surface area contributed by atoms with Gasteiger partial charge >= 0.3 is 10.8 Å². The van der Waals surface area contributed by atoms with Crippen LogP contribution in [-0.2, 0) is 20.9 Å². The van der Waals surface area contributed by atoms with Crippen molar-refractivity contribution in [3.05, 3.63) is 51.1 Å². The van der Waals surface area contributed by atoms with Gasteiger partial charge in [-0.25, -0.2) is 0 Å². The largest absolute Gasteiger partial charge is 0.454 e. The third kappa shape index (κ3) is 4.32. The van der Waals surface area contributed by atoms with E-state index in [1.165, 1.54) is 4.57 Å². The highest BCUT2D eigenvalue weighted by molar-refractivity contribution is 7.07. The van der Waals surface area contributed by atoms with Crippen LogP contribution in [0.2, 0.25) is 0 Å². The van der Waals surface area contributed by atoms with Crippen molar-refractivity contribution in [1.29, 1.82) is 0 Å². The van der Waals surface area contributed by atoms with Gasteiger partial charge in [0, 0.05) is 42.9 Å². The number of piperazine rings is 1. The van der Waals surface area contributed by atoms with Crippen LogP contribution in [0.15, 0.2) is 40.5 Å². The van der Waals surface area contributed by atoms with Gasteiger partial charge in [-0.2, -0.15) is 0 Å².